The minimum atomic E-state index is -4.33. The van der Waals surface area contributed by atoms with E-state index in [1.54, 1.807) is 4.72 Å². The minimum Gasteiger partial charge on any atom is -0.325 e. The lowest BCUT2D eigenvalue weighted by Crippen LogP contribution is -2.18. The molecule has 0 amide bonds. The van der Waals surface area contributed by atoms with Gasteiger partial charge in [0, 0.05) is 18.7 Å². The topological polar surface area (TPSA) is 101 Å². The van der Waals surface area contributed by atoms with Gasteiger partial charge in [0.25, 0.3) is 10.0 Å². The lowest BCUT2D eigenvalue weighted by molar-refractivity contribution is 0.547. The summed E-state index contributed by atoms with van der Waals surface area (Å²) in [6.07, 6.45) is 0. The zero-order valence-corrected chi connectivity index (χ0v) is 11.6. The number of anilines is 1. The van der Waals surface area contributed by atoms with Crippen molar-refractivity contribution >= 4 is 15.7 Å². The summed E-state index contributed by atoms with van der Waals surface area (Å²) < 4.78 is 66.0. The molecule has 114 valence electrons. The number of rotatable bonds is 4. The van der Waals surface area contributed by atoms with Crippen molar-refractivity contribution in [1.29, 1.82) is 0 Å². The van der Waals surface area contributed by atoms with Gasteiger partial charge in [-0.3, -0.25) is 9.82 Å². The van der Waals surface area contributed by atoms with Crippen LogP contribution in [0.4, 0.5) is 18.9 Å². The fourth-order valence-electron chi connectivity index (χ4n) is 1.79. The van der Waals surface area contributed by atoms with E-state index < -0.39 is 33.2 Å². The number of hydrogen-bond donors (Lipinski definition) is 3. The first-order valence-electron chi connectivity index (χ1n) is 5.67. The molecule has 0 spiro atoms. The third-order valence-electron chi connectivity index (χ3n) is 2.67. The van der Waals surface area contributed by atoms with Crippen molar-refractivity contribution in [3.05, 3.63) is 41.0 Å². The van der Waals surface area contributed by atoms with Gasteiger partial charge in [-0.25, -0.2) is 21.6 Å². The average Bonchev–Trinajstić information content (AvgIpc) is 2.76. The quantitative estimate of drug-likeness (QED) is 0.792. The van der Waals surface area contributed by atoms with Crippen LogP contribution in [0.5, 0.6) is 0 Å². The molecular weight excluding hydrogens is 309 g/mol. The van der Waals surface area contributed by atoms with E-state index in [0.717, 1.165) is 0 Å². The average molecular weight is 320 g/mol. The number of nitrogens with zero attached hydrogens (tertiary/aromatic N) is 1. The van der Waals surface area contributed by atoms with E-state index in [1.807, 2.05) is 0 Å². The molecule has 1 heterocycles. The van der Waals surface area contributed by atoms with Crippen LogP contribution in [-0.2, 0) is 16.6 Å². The van der Waals surface area contributed by atoms with Crippen LogP contribution in [0.3, 0.4) is 0 Å². The molecule has 6 nitrogen and oxygen atoms in total. The Morgan fingerprint density at radius 3 is 2.38 bits per heavy atom. The summed E-state index contributed by atoms with van der Waals surface area (Å²) in [5.74, 6) is -3.90. The number of sulfonamides is 1. The second-order valence-corrected chi connectivity index (χ2v) is 5.80. The minimum absolute atomic E-state index is 0.0166. The van der Waals surface area contributed by atoms with Crippen LogP contribution < -0.4 is 10.5 Å². The number of benzene rings is 1. The maximum Gasteiger partial charge on any atom is 0.265 e. The van der Waals surface area contributed by atoms with Gasteiger partial charge in [-0.15, -0.1) is 0 Å². The van der Waals surface area contributed by atoms with Crippen molar-refractivity contribution in [2.75, 3.05) is 4.72 Å². The summed E-state index contributed by atoms with van der Waals surface area (Å²) in [6.45, 7) is 1.23. The molecule has 0 aliphatic carbocycles. The number of hydrogen-bond acceptors (Lipinski definition) is 4. The normalized spacial score (nSPS) is 11.7. The zero-order valence-electron chi connectivity index (χ0n) is 10.7. The van der Waals surface area contributed by atoms with Crippen molar-refractivity contribution in [3.8, 4) is 0 Å². The van der Waals surface area contributed by atoms with E-state index in [-0.39, 0.29) is 22.8 Å². The molecule has 0 bridgehead atoms. The van der Waals surface area contributed by atoms with Crippen molar-refractivity contribution in [2.24, 2.45) is 5.73 Å². The molecule has 2 rings (SSSR count). The van der Waals surface area contributed by atoms with Gasteiger partial charge in [-0.05, 0) is 6.92 Å². The number of aryl methyl sites for hydroxylation is 1. The fraction of sp³-hybridized carbons (Fsp3) is 0.182. The van der Waals surface area contributed by atoms with Gasteiger partial charge in [-0.2, -0.15) is 5.10 Å². The third kappa shape index (κ3) is 2.85. The maximum atomic E-state index is 13.5. The van der Waals surface area contributed by atoms with Gasteiger partial charge in [0.2, 0.25) is 0 Å². The summed E-state index contributed by atoms with van der Waals surface area (Å²) >= 11 is 0. The lowest BCUT2D eigenvalue weighted by atomic mass is 10.3. The van der Waals surface area contributed by atoms with Crippen molar-refractivity contribution < 1.29 is 21.6 Å². The van der Waals surface area contributed by atoms with Gasteiger partial charge in [0.05, 0.1) is 11.4 Å². The second-order valence-electron chi connectivity index (χ2n) is 4.18. The predicted molar refractivity (Wildman–Crippen MR) is 68.3 cm³/mol. The molecule has 0 unspecified atom stereocenters. The molecule has 0 aliphatic rings. The van der Waals surface area contributed by atoms with Gasteiger partial charge < -0.3 is 5.73 Å². The third-order valence-corrected chi connectivity index (χ3v) is 4.22. The Hall–Kier alpha value is -2.07. The van der Waals surface area contributed by atoms with E-state index in [4.69, 9.17) is 5.73 Å². The molecule has 0 atom stereocenters. The zero-order chi connectivity index (χ0) is 15.8. The summed E-state index contributed by atoms with van der Waals surface area (Å²) in [5, 5.41) is 6.11. The number of nitrogens with two attached hydrogens (primary N) is 1. The Balaban J connectivity index is 2.50. The van der Waals surface area contributed by atoms with E-state index in [9.17, 15) is 21.6 Å². The Morgan fingerprint density at radius 1 is 1.29 bits per heavy atom. The van der Waals surface area contributed by atoms with Crippen molar-refractivity contribution in [3.63, 3.8) is 0 Å². The van der Waals surface area contributed by atoms with E-state index >= 15 is 0 Å². The van der Waals surface area contributed by atoms with E-state index in [1.165, 1.54) is 6.92 Å². The van der Waals surface area contributed by atoms with Crippen LogP contribution in [0.15, 0.2) is 17.0 Å². The highest BCUT2D eigenvalue weighted by atomic mass is 32.2. The maximum absolute atomic E-state index is 13.5. The van der Waals surface area contributed by atoms with Crippen molar-refractivity contribution in [2.45, 2.75) is 18.4 Å². The molecular formula is C11H11F3N4O2S. The fourth-order valence-corrected chi connectivity index (χ4v) is 3.24. The highest BCUT2D eigenvalue weighted by molar-refractivity contribution is 7.92. The molecule has 0 radical (unpaired) electrons. The SMILES string of the molecule is Cc1[nH]nc(CN)c1S(=O)(=O)Nc1c(F)cc(F)cc1F. The summed E-state index contributed by atoms with van der Waals surface area (Å²) in [6, 6.07) is 0.736. The molecule has 2 aromatic rings. The predicted octanol–water partition coefficient (Wildman–Crippen LogP) is 1.39. The van der Waals surface area contributed by atoms with Gasteiger partial charge in [-0.1, -0.05) is 0 Å². The first-order valence-corrected chi connectivity index (χ1v) is 7.16. The standard InChI is InChI=1S/C11H11F3N4O2S/c1-5-11(9(4-15)17-16-5)21(19,20)18-10-7(13)2-6(12)3-8(10)14/h2-3,18H,4,15H2,1H3,(H,16,17). The number of nitrogens with one attached hydrogen (secondary N) is 2. The van der Waals surface area contributed by atoms with Gasteiger partial charge in [0.1, 0.15) is 16.4 Å². The lowest BCUT2D eigenvalue weighted by Gasteiger charge is -2.10. The molecule has 0 saturated carbocycles. The Kier molecular flexibility index (Phi) is 3.92. The van der Waals surface area contributed by atoms with E-state index in [0.29, 0.717) is 12.1 Å². The van der Waals surface area contributed by atoms with Crippen LogP contribution in [0.1, 0.15) is 11.4 Å². The number of H-pyrrole nitrogens is 1. The molecule has 0 aliphatic heterocycles. The molecule has 0 fully saturated rings. The van der Waals surface area contributed by atoms with Crippen LogP contribution in [0.25, 0.3) is 0 Å². The molecule has 1 aromatic heterocycles. The first-order chi connectivity index (χ1) is 9.76. The van der Waals surface area contributed by atoms with Crippen LogP contribution in [-0.4, -0.2) is 18.6 Å². The summed E-state index contributed by atoms with van der Waals surface area (Å²) in [7, 11) is -4.33. The highest BCUT2D eigenvalue weighted by Crippen LogP contribution is 2.25. The molecule has 21 heavy (non-hydrogen) atoms. The van der Waals surface area contributed by atoms with E-state index in [2.05, 4.69) is 10.2 Å². The van der Waals surface area contributed by atoms with Crippen LogP contribution >= 0.6 is 0 Å². The molecule has 4 N–H and O–H groups in total. The van der Waals surface area contributed by atoms with Gasteiger partial charge in [0.15, 0.2) is 11.6 Å². The smallest absolute Gasteiger partial charge is 0.265 e. The van der Waals surface area contributed by atoms with Crippen molar-refractivity contribution in [1.82, 2.24) is 10.2 Å². The Morgan fingerprint density at radius 2 is 1.86 bits per heavy atom. The van der Waals surface area contributed by atoms with Crippen LogP contribution in [0, 0.1) is 24.4 Å². The number of aromatic nitrogens is 2. The molecule has 0 saturated heterocycles. The van der Waals surface area contributed by atoms with Crippen LogP contribution in [0.2, 0.25) is 0 Å². The monoisotopic (exact) mass is 320 g/mol. The largest absolute Gasteiger partial charge is 0.325 e. The number of aromatic amines is 1. The first kappa shape index (κ1) is 15.3. The summed E-state index contributed by atoms with van der Waals surface area (Å²) in [4.78, 5) is -0.298. The summed E-state index contributed by atoms with van der Waals surface area (Å²) in [5.41, 5.74) is 4.56. The number of halogens is 3. The Bertz CT molecular complexity index is 766. The molecule has 10 heteroatoms. The second kappa shape index (κ2) is 5.37. The molecule has 1 aromatic carbocycles. The van der Waals surface area contributed by atoms with Gasteiger partial charge >= 0.3 is 0 Å². The highest BCUT2D eigenvalue weighted by Gasteiger charge is 2.26. The Labute approximate surface area is 118 Å².